The molecule has 4 nitrogen and oxygen atoms in total. The van der Waals surface area contributed by atoms with Gasteiger partial charge in [0.05, 0.1) is 0 Å². The monoisotopic (exact) mass is 293 g/mol. The van der Waals surface area contributed by atoms with Crippen molar-refractivity contribution in [3.63, 3.8) is 0 Å². The number of nitrogens with zero attached hydrogens (tertiary/aromatic N) is 1. The lowest BCUT2D eigenvalue weighted by Crippen LogP contribution is -2.56. The Labute approximate surface area is 129 Å². The lowest BCUT2D eigenvalue weighted by Gasteiger charge is -2.49. The standard InChI is InChI=1S/C17H31N3O/c1-2-9-18-14-11-15-4-3-5-16(12-14)20(15)10-8-17(21)19-13-6-7-13/h13-16,18H,2-12H2,1H3,(H,19,21). The quantitative estimate of drug-likeness (QED) is 0.755. The Morgan fingerprint density at radius 3 is 2.43 bits per heavy atom. The maximum Gasteiger partial charge on any atom is 0.221 e. The third-order valence-corrected chi connectivity index (χ3v) is 5.35. The van der Waals surface area contributed by atoms with E-state index < -0.39 is 0 Å². The van der Waals surface area contributed by atoms with Gasteiger partial charge in [0.25, 0.3) is 0 Å². The van der Waals surface area contributed by atoms with Crippen LogP contribution in [0, 0.1) is 0 Å². The van der Waals surface area contributed by atoms with E-state index in [0.29, 0.717) is 30.6 Å². The van der Waals surface area contributed by atoms with Crippen molar-refractivity contribution in [3.05, 3.63) is 0 Å². The predicted octanol–water partition coefficient (Wildman–Crippen LogP) is 2.04. The van der Waals surface area contributed by atoms with Crippen LogP contribution in [0.25, 0.3) is 0 Å². The number of fused-ring (bicyclic) bond motifs is 2. The number of hydrogen-bond acceptors (Lipinski definition) is 3. The van der Waals surface area contributed by atoms with Crippen molar-refractivity contribution >= 4 is 5.91 Å². The van der Waals surface area contributed by atoms with Gasteiger partial charge in [-0.15, -0.1) is 0 Å². The zero-order valence-corrected chi connectivity index (χ0v) is 13.4. The molecule has 1 aliphatic carbocycles. The Hall–Kier alpha value is -0.610. The van der Waals surface area contributed by atoms with E-state index in [1.54, 1.807) is 0 Å². The number of carbonyl (C=O) groups is 1. The second kappa shape index (κ2) is 7.10. The summed E-state index contributed by atoms with van der Waals surface area (Å²) in [6.07, 6.45) is 10.9. The molecule has 2 N–H and O–H groups in total. The van der Waals surface area contributed by atoms with Crippen LogP contribution in [0.4, 0.5) is 0 Å². The molecular weight excluding hydrogens is 262 g/mol. The molecule has 1 amide bonds. The molecule has 2 bridgehead atoms. The highest BCUT2D eigenvalue weighted by molar-refractivity contribution is 5.76. The van der Waals surface area contributed by atoms with Gasteiger partial charge in [0.2, 0.25) is 5.91 Å². The van der Waals surface area contributed by atoms with Crippen molar-refractivity contribution in [2.75, 3.05) is 13.1 Å². The van der Waals surface area contributed by atoms with Crippen LogP contribution >= 0.6 is 0 Å². The lowest BCUT2D eigenvalue weighted by molar-refractivity contribution is -0.122. The first-order valence-electron chi connectivity index (χ1n) is 9.04. The Bertz CT molecular complexity index is 342. The summed E-state index contributed by atoms with van der Waals surface area (Å²) in [7, 11) is 0. The van der Waals surface area contributed by atoms with Crippen LogP contribution in [-0.2, 0) is 4.79 Å². The molecule has 2 unspecified atom stereocenters. The smallest absolute Gasteiger partial charge is 0.221 e. The van der Waals surface area contributed by atoms with E-state index in [1.807, 2.05) is 0 Å². The van der Waals surface area contributed by atoms with Gasteiger partial charge in [-0.25, -0.2) is 0 Å². The molecule has 0 aromatic heterocycles. The first-order chi connectivity index (χ1) is 10.3. The topological polar surface area (TPSA) is 44.4 Å². The molecule has 3 aliphatic rings. The largest absolute Gasteiger partial charge is 0.353 e. The van der Waals surface area contributed by atoms with Gasteiger partial charge in [0.1, 0.15) is 0 Å². The summed E-state index contributed by atoms with van der Waals surface area (Å²) in [5.41, 5.74) is 0. The molecule has 0 radical (unpaired) electrons. The summed E-state index contributed by atoms with van der Waals surface area (Å²) in [5, 5.41) is 6.83. The van der Waals surface area contributed by atoms with Gasteiger partial charge in [-0.2, -0.15) is 0 Å². The fraction of sp³-hybridized carbons (Fsp3) is 0.941. The van der Waals surface area contributed by atoms with E-state index in [-0.39, 0.29) is 5.91 Å². The third-order valence-electron chi connectivity index (χ3n) is 5.35. The molecule has 3 rings (SSSR count). The molecule has 4 heteroatoms. The molecule has 2 atom stereocenters. The molecule has 1 saturated carbocycles. The SMILES string of the molecule is CCCNC1CC2CCCC(C1)N2CCC(=O)NC1CC1. The number of carbonyl (C=O) groups excluding carboxylic acids is 1. The minimum atomic E-state index is 0.266. The minimum absolute atomic E-state index is 0.266. The summed E-state index contributed by atoms with van der Waals surface area (Å²) < 4.78 is 0. The Morgan fingerprint density at radius 1 is 1.10 bits per heavy atom. The van der Waals surface area contributed by atoms with Crippen LogP contribution in [0.1, 0.15) is 64.7 Å². The second-order valence-corrected chi connectivity index (χ2v) is 7.19. The third kappa shape index (κ3) is 4.19. The van der Waals surface area contributed by atoms with Crippen molar-refractivity contribution in [1.29, 1.82) is 0 Å². The van der Waals surface area contributed by atoms with Crippen LogP contribution in [0.15, 0.2) is 0 Å². The van der Waals surface area contributed by atoms with Crippen molar-refractivity contribution in [1.82, 2.24) is 15.5 Å². The second-order valence-electron chi connectivity index (χ2n) is 7.19. The van der Waals surface area contributed by atoms with Crippen LogP contribution in [0.2, 0.25) is 0 Å². The van der Waals surface area contributed by atoms with E-state index in [4.69, 9.17) is 0 Å². The van der Waals surface area contributed by atoms with Crippen LogP contribution in [0.3, 0.4) is 0 Å². The normalized spacial score (nSPS) is 32.9. The maximum atomic E-state index is 11.9. The van der Waals surface area contributed by atoms with Crippen molar-refractivity contribution < 1.29 is 4.79 Å². The molecule has 2 heterocycles. The highest BCUT2D eigenvalue weighted by Gasteiger charge is 2.37. The molecule has 2 aliphatic heterocycles. The van der Waals surface area contributed by atoms with Crippen LogP contribution in [0.5, 0.6) is 0 Å². The summed E-state index contributed by atoms with van der Waals surface area (Å²) in [5.74, 6) is 0.266. The van der Waals surface area contributed by atoms with E-state index in [9.17, 15) is 4.79 Å². The Kier molecular flexibility index (Phi) is 5.17. The summed E-state index contributed by atoms with van der Waals surface area (Å²) >= 11 is 0. The molecule has 21 heavy (non-hydrogen) atoms. The van der Waals surface area contributed by atoms with Gasteiger partial charge in [-0.3, -0.25) is 9.69 Å². The molecule has 3 fully saturated rings. The number of hydrogen-bond donors (Lipinski definition) is 2. The molecule has 120 valence electrons. The first-order valence-corrected chi connectivity index (χ1v) is 9.04. The van der Waals surface area contributed by atoms with Gasteiger partial charge >= 0.3 is 0 Å². The number of nitrogens with one attached hydrogen (secondary N) is 2. The Morgan fingerprint density at radius 2 is 1.81 bits per heavy atom. The van der Waals surface area contributed by atoms with Crippen LogP contribution < -0.4 is 10.6 Å². The van der Waals surface area contributed by atoms with E-state index >= 15 is 0 Å². The van der Waals surface area contributed by atoms with Crippen molar-refractivity contribution in [2.24, 2.45) is 0 Å². The average Bonchev–Trinajstić information content (AvgIpc) is 3.26. The average molecular weight is 293 g/mol. The van der Waals surface area contributed by atoms with Crippen molar-refractivity contribution in [3.8, 4) is 0 Å². The highest BCUT2D eigenvalue weighted by Crippen LogP contribution is 2.34. The summed E-state index contributed by atoms with van der Waals surface area (Å²) in [6, 6.07) is 2.62. The van der Waals surface area contributed by atoms with E-state index in [2.05, 4.69) is 22.5 Å². The fourth-order valence-corrected chi connectivity index (χ4v) is 4.12. The molecule has 0 aromatic rings. The van der Waals surface area contributed by atoms with E-state index in [0.717, 1.165) is 13.1 Å². The highest BCUT2D eigenvalue weighted by atomic mass is 16.1. The van der Waals surface area contributed by atoms with Gasteiger partial charge in [-0.05, 0) is 51.5 Å². The maximum absolute atomic E-state index is 11.9. The predicted molar refractivity (Wildman–Crippen MR) is 85.2 cm³/mol. The van der Waals surface area contributed by atoms with E-state index in [1.165, 1.54) is 51.4 Å². The first kappa shape index (κ1) is 15.3. The number of piperidine rings is 2. The zero-order valence-electron chi connectivity index (χ0n) is 13.4. The number of amides is 1. The van der Waals surface area contributed by atoms with Gasteiger partial charge in [0.15, 0.2) is 0 Å². The summed E-state index contributed by atoms with van der Waals surface area (Å²) in [4.78, 5) is 14.6. The van der Waals surface area contributed by atoms with Gasteiger partial charge in [-0.1, -0.05) is 13.3 Å². The molecule has 0 aromatic carbocycles. The van der Waals surface area contributed by atoms with Crippen molar-refractivity contribution in [2.45, 2.75) is 88.9 Å². The van der Waals surface area contributed by atoms with Gasteiger partial charge < -0.3 is 10.6 Å². The molecular formula is C17H31N3O. The molecule has 0 spiro atoms. The lowest BCUT2D eigenvalue weighted by atomic mass is 9.81. The number of rotatable bonds is 7. The zero-order chi connectivity index (χ0) is 14.7. The van der Waals surface area contributed by atoms with Crippen LogP contribution in [-0.4, -0.2) is 48.1 Å². The fourth-order valence-electron chi connectivity index (χ4n) is 4.12. The van der Waals surface area contributed by atoms with Gasteiger partial charge in [0, 0.05) is 37.1 Å². The Balaban J connectivity index is 1.47. The summed E-state index contributed by atoms with van der Waals surface area (Å²) in [6.45, 7) is 4.35. The minimum Gasteiger partial charge on any atom is -0.353 e. The molecule has 2 saturated heterocycles.